The van der Waals surface area contributed by atoms with Gasteiger partial charge in [-0.2, -0.15) is 0 Å². The third-order valence-electron chi connectivity index (χ3n) is 6.82. The summed E-state index contributed by atoms with van der Waals surface area (Å²) in [7, 11) is 0. The van der Waals surface area contributed by atoms with E-state index in [0.717, 1.165) is 82.6 Å². The van der Waals surface area contributed by atoms with Gasteiger partial charge in [-0.25, -0.2) is 0 Å². The number of hydrogen-bond acceptors (Lipinski definition) is 4. The SMILES string of the molecule is O=C(c1ccc(N2CC=Cc3ccccc32)cc1Cl)N1CCN(CC2CCOCC2)CC1. The highest BCUT2D eigenvalue weighted by Gasteiger charge is 2.26. The van der Waals surface area contributed by atoms with Gasteiger partial charge in [-0.1, -0.05) is 42.0 Å². The molecule has 3 aliphatic rings. The maximum absolute atomic E-state index is 13.2. The van der Waals surface area contributed by atoms with E-state index in [9.17, 15) is 4.79 Å². The van der Waals surface area contributed by atoms with Crippen molar-refractivity contribution < 1.29 is 9.53 Å². The molecule has 6 heteroatoms. The standard InChI is InChI=1S/C26H30ClN3O2/c27-24-18-22(30-11-3-5-21-4-1-2-6-25(21)30)7-8-23(24)26(31)29-14-12-28(13-15-29)19-20-9-16-32-17-10-20/h1-8,18,20H,9-17,19H2. The van der Waals surface area contributed by atoms with Gasteiger partial charge in [0.15, 0.2) is 0 Å². The Morgan fingerprint density at radius 3 is 2.59 bits per heavy atom. The Hall–Kier alpha value is -2.34. The molecular formula is C26H30ClN3O2. The Labute approximate surface area is 195 Å². The summed E-state index contributed by atoms with van der Waals surface area (Å²) in [6, 6.07) is 14.1. The van der Waals surface area contributed by atoms with Crippen molar-refractivity contribution in [3.05, 3.63) is 64.7 Å². The number of carbonyl (C=O) groups excluding carboxylic acids is 1. The van der Waals surface area contributed by atoms with Crippen molar-refractivity contribution in [2.24, 2.45) is 5.92 Å². The summed E-state index contributed by atoms with van der Waals surface area (Å²) < 4.78 is 5.47. The highest BCUT2D eigenvalue weighted by Crippen LogP contribution is 2.34. The van der Waals surface area contributed by atoms with Crippen molar-refractivity contribution in [1.29, 1.82) is 0 Å². The zero-order valence-corrected chi connectivity index (χ0v) is 19.1. The number of rotatable bonds is 4. The molecule has 3 heterocycles. The number of fused-ring (bicyclic) bond motifs is 1. The fourth-order valence-corrected chi connectivity index (χ4v) is 5.20. The molecule has 5 nitrogen and oxygen atoms in total. The zero-order valence-electron chi connectivity index (χ0n) is 18.4. The fourth-order valence-electron chi connectivity index (χ4n) is 4.95. The minimum absolute atomic E-state index is 0.0335. The van der Waals surface area contributed by atoms with Gasteiger partial charge in [0.1, 0.15) is 0 Å². The van der Waals surface area contributed by atoms with Gasteiger partial charge in [0.2, 0.25) is 0 Å². The van der Waals surface area contributed by atoms with Gasteiger partial charge in [-0.05, 0) is 48.6 Å². The summed E-state index contributed by atoms with van der Waals surface area (Å²) in [5.41, 5.74) is 3.94. The number of carbonyl (C=O) groups is 1. The number of hydrogen-bond donors (Lipinski definition) is 0. The molecule has 0 aliphatic carbocycles. The van der Waals surface area contributed by atoms with Gasteiger partial charge in [-0.3, -0.25) is 9.69 Å². The van der Waals surface area contributed by atoms with Crippen LogP contribution < -0.4 is 4.90 Å². The monoisotopic (exact) mass is 451 g/mol. The van der Waals surface area contributed by atoms with E-state index in [4.69, 9.17) is 16.3 Å². The molecule has 0 aromatic heterocycles. The predicted molar refractivity (Wildman–Crippen MR) is 130 cm³/mol. The summed E-state index contributed by atoms with van der Waals surface area (Å²) in [5.74, 6) is 0.758. The topological polar surface area (TPSA) is 36.0 Å². The van der Waals surface area contributed by atoms with Gasteiger partial charge in [0.05, 0.1) is 10.6 Å². The highest BCUT2D eigenvalue weighted by molar-refractivity contribution is 6.34. The number of halogens is 1. The highest BCUT2D eigenvalue weighted by atomic mass is 35.5. The lowest BCUT2D eigenvalue weighted by atomic mass is 9.99. The minimum Gasteiger partial charge on any atom is -0.381 e. The molecule has 1 amide bonds. The fraction of sp³-hybridized carbons (Fsp3) is 0.423. The first-order chi connectivity index (χ1) is 15.7. The lowest BCUT2D eigenvalue weighted by molar-refractivity contribution is 0.0393. The van der Waals surface area contributed by atoms with Crippen LogP contribution in [0.15, 0.2) is 48.5 Å². The Balaban J connectivity index is 1.23. The van der Waals surface area contributed by atoms with Gasteiger partial charge in [0, 0.05) is 63.9 Å². The van der Waals surface area contributed by atoms with Gasteiger partial charge in [0.25, 0.3) is 5.91 Å². The molecule has 0 radical (unpaired) electrons. The third-order valence-corrected chi connectivity index (χ3v) is 7.14. The second-order valence-electron chi connectivity index (χ2n) is 8.88. The molecule has 2 saturated heterocycles. The Kier molecular flexibility index (Phi) is 6.49. The Bertz CT molecular complexity index is 994. The van der Waals surface area contributed by atoms with Gasteiger partial charge >= 0.3 is 0 Å². The summed E-state index contributed by atoms with van der Waals surface area (Å²) in [6.45, 7) is 7.04. The molecule has 0 saturated carbocycles. The second kappa shape index (κ2) is 9.65. The van der Waals surface area contributed by atoms with Crippen LogP contribution in [0.25, 0.3) is 6.08 Å². The molecule has 2 fully saturated rings. The lowest BCUT2D eigenvalue weighted by Gasteiger charge is -2.37. The van der Waals surface area contributed by atoms with Crippen LogP contribution in [-0.2, 0) is 4.74 Å². The average Bonchev–Trinajstić information content (AvgIpc) is 2.84. The van der Waals surface area contributed by atoms with Crippen molar-refractivity contribution in [1.82, 2.24) is 9.80 Å². The summed E-state index contributed by atoms with van der Waals surface area (Å²) in [5, 5.41) is 0.518. The summed E-state index contributed by atoms with van der Waals surface area (Å²) >= 11 is 6.63. The zero-order chi connectivity index (χ0) is 21.9. The number of anilines is 2. The van der Waals surface area contributed by atoms with Crippen molar-refractivity contribution in [2.45, 2.75) is 12.8 Å². The van der Waals surface area contributed by atoms with Crippen LogP contribution in [0.5, 0.6) is 0 Å². The summed E-state index contributed by atoms with van der Waals surface area (Å²) in [4.78, 5) is 19.8. The van der Waals surface area contributed by atoms with E-state index in [2.05, 4.69) is 34.1 Å². The van der Waals surface area contributed by atoms with E-state index in [1.165, 1.54) is 5.56 Å². The molecule has 0 spiro atoms. The normalized spacial score (nSPS) is 19.8. The number of ether oxygens (including phenoxy) is 1. The van der Waals surface area contributed by atoms with Crippen LogP contribution in [0.2, 0.25) is 5.02 Å². The van der Waals surface area contributed by atoms with Crippen LogP contribution in [-0.4, -0.2) is 68.2 Å². The third kappa shape index (κ3) is 4.56. The molecule has 2 aromatic rings. The smallest absolute Gasteiger partial charge is 0.255 e. The number of nitrogens with zero attached hydrogens (tertiary/aromatic N) is 3. The van der Waals surface area contributed by atoms with E-state index >= 15 is 0 Å². The van der Waals surface area contributed by atoms with E-state index < -0.39 is 0 Å². The molecule has 3 aliphatic heterocycles. The van der Waals surface area contributed by atoms with Crippen molar-refractivity contribution in [3.63, 3.8) is 0 Å². The maximum atomic E-state index is 13.2. The number of amides is 1. The van der Waals surface area contributed by atoms with Crippen LogP contribution in [0.1, 0.15) is 28.8 Å². The van der Waals surface area contributed by atoms with E-state index in [1.54, 1.807) is 0 Å². The first-order valence-electron chi connectivity index (χ1n) is 11.6. The molecular weight excluding hydrogens is 422 g/mol. The minimum atomic E-state index is 0.0335. The molecule has 0 bridgehead atoms. The van der Waals surface area contributed by atoms with E-state index in [0.29, 0.717) is 10.6 Å². The molecule has 168 valence electrons. The first kappa shape index (κ1) is 21.5. The van der Waals surface area contributed by atoms with Crippen molar-refractivity contribution in [3.8, 4) is 0 Å². The molecule has 0 unspecified atom stereocenters. The van der Waals surface area contributed by atoms with E-state index in [-0.39, 0.29) is 5.91 Å². The molecule has 5 rings (SSSR count). The maximum Gasteiger partial charge on any atom is 0.255 e. The Morgan fingerprint density at radius 2 is 1.81 bits per heavy atom. The predicted octanol–water partition coefficient (Wildman–Crippen LogP) is 4.69. The lowest BCUT2D eigenvalue weighted by Crippen LogP contribution is -2.50. The molecule has 32 heavy (non-hydrogen) atoms. The van der Waals surface area contributed by atoms with E-state index in [1.807, 2.05) is 35.2 Å². The van der Waals surface area contributed by atoms with Crippen LogP contribution in [0, 0.1) is 5.92 Å². The molecule has 0 N–H and O–H groups in total. The van der Waals surface area contributed by atoms with Gasteiger partial charge in [-0.15, -0.1) is 0 Å². The number of benzene rings is 2. The van der Waals surface area contributed by atoms with Crippen LogP contribution >= 0.6 is 11.6 Å². The van der Waals surface area contributed by atoms with Crippen molar-refractivity contribution >= 4 is 35.0 Å². The second-order valence-corrected chi connectivity index (χ2v) is 9.29. The van der Waals surface area contributed by atoms with Crippen LogP contribution in [0.4, 0.5) is 11.4 Å². The first-order valence-corrected chi connectivity index (χ1v) is 12.0. The van der Waals surface area contributed by atoms with Crippen molar-refractivity contribution in [2.75, 3.05) is 57.4 Å². The molecule has 0 atom stereocenters. The number of piperazine rings is 1. The largest absolute Gasteiger partial charge is 0.381 e. The van der Waals surface area contributed by atoms with Crippen LogP contribution in [0.3, 0.4) is 0 Å². The summed E-state index contributed by atoms with van der Waals surface area (Å²) in [6.07, 6.45) is 6.60. The Morgan fingerprint density at radius 1 is 1.03 bits per heavy atom. The average molecular weight is 452 g/mol. The van der Waals surface area contributed by atoms with Gasteiger partial charge < -0.3 is 14.5 Å². The molecule has 2 aromatic carbocycles. The number of para-hydroxylation sites is 1. The quantitative estimate of drug-likeness (QED) is 0.675.